The topological polar surface area (TPSA) is 20.3 Å². The fourth-order valence-electron chi connectivity index (χ4n) is 2.48. The molecule has 0 unspecified atom stereocenters. The highest BCUT2D eigenvalue weighted by Crippen LogP contribution is 2.31. The summed E-state index contributed by atoms with van der Waals surface area (Å²) in [4.78, 5) is 14.1. The number of rotatable bonds is 2. The summed E-state index contributed by atoms with van der Waals surface area (Å²) in [6, 6.07) is 9.53. The molecule has 0 bridgehead atoms. The van der Waals surface area contributed by atoms with Gasteiger partial charge >= 0.3 is 0 Å². The quantitative estimate of drug-likeness (QED) is 0.776. The van der Waals surface area contributed by atoms with Crippen LogP contribution in [-0.2, 0) is 13.1 Å². The van der Waals surface area contributed by atoms with Crippen LogP contribution in [0.25, 0.3) is 0 Å². The van der Waals surface area contributed by atoms with Gasteiger partial charge in [0.2, 0.25) is 0 Å². The van der Waals surface area contributed by atoms with E-state index in [2.05, 4.69) is 5.92 Å². The maximum absolute atomic E-state index is 12.9. The average Bonchev–Trinajstić information content (AvgIpc) is 2.78. The summed E-state index contributed by atoms with van der Waals surface area (Å²) in [6.45, 7) is 0.871. The van der Waals surface area contributed by atoms with Crippen LogP contribution in [0.2, 0.25) is 5.02 Å². The predicted molar refractivity (Wildman–Crippen MR) is 79.4 cm³/mol. The van der Waals surface area contributed by atoms with Crippen molar-refractivity contribution in [1.82, 2.24) is 4.90 Å². The molecule has 1 heterocycles. The molecule has 1 aliphatic rings. The number of hydrogen-bond donors (Lipinski definition) is 0. The molecule has 0 N–H and O–H groups in total. The SMILES string of the molecule is C#Cc1cc(Cl)c2c(c1)CN(Cc1ccc(F)cc1)C2=O. The van der Waals surface area contributed by atoms with E-state index in [-0.39, 0.29) is 11.7 Å². The maximum Gasteiger partial charge on any atom is 0.256 e. The molecule has 1 aliphatic heterocycles. The molecule has 0 atom stereocenters. The van der Waals surface area contributed by atoms with E-state index in [9.17, 15) is 9.18 Å². The minimum absolute atomic E-state index is 0.122. The lowest BCUT2D eigenvalue weighted by atomic mass is 10.1. The second kappa shape index (κ2) is 5.23. The van der Waals surface area contributed by atoms with E-state index < -0.39 is 0 Å². The Morgan fingerprint density at radius 3 is 2.67 bits per heavy atom. The number of carbonyl (C=O) groups excluding carboxylic acids is 1. The first kappa shape index (κ1) is 13.7. The smallest absolute Gasteiger partial charge is 0.256 e. The van der Waals surface area contributed by atoms with Gasteiger partial charge < -0.3 is 4.90 Å². The van der Waals surface area contributed by atoms with Gasteiger partial charge in [0, 0.05) is 18.7 Å². The average molecular weight is 300 g/mol. The summed E-state index contributed by atoms with van der Waals surface area (Å²) < 4.78 is 12.9. The molecule has 4 heteroatoms. The van der Waals surface area contributed by atoms with Crippen molar-refractivity contribution >= 4 is 17.5 Å². The molecule has 3 rings (SSSR count). The molecule has 2 nitrogen and oxygen atoms in total. The first-order valence-corrected chi connectivity index (χ1v) is 6.79. The third-order valence-corrected chi connectivity index (χ3v) is 3.79. The molecular weight excluding hydrogens is 289 g/mol. The zero-order valence-corrected chi connectivity index (χ0v) is 11.8. The molecule has 0 aromatic heterocycles. The number of carbonyl (C=O) groups is 1. The molecule has 1 amide bonds. The van der Waals surface area contributed by atoms with Crippen LogP contribution >= 0.6 is 11.6 Å². The second-order valence-electron chi connectivity index (χ2n) is 4.92. The van der Waals surface area contributed by atoms with Gasteiger partial charge in [-0.1, -0.05) is 29.7 Å². The monoisotopic (exact) mass is 299 g/mol. The fraction of sp³-hybridized carbons (Fsp3) is 0.118. The van der Waals surface area contributed by atoms with Crippen LogP contribution in [-0.4, -0.2) is 10.8 Å². The molecule has 2 aromatic carbocycles. The number of terminal acetylenes is 1. The third-order valence-electron chi connectivity index (χ3n) is 3.49. The van der Waals surface area contributed by atoms with E-state index >= 15 is 0 Å². The van der Waals surface area contributed by atoms with Gasteiger partial charge in [0.25, 0.3) is 5.91 Å². The number of halogens is 2. The maximum atomic E-state index is 12.9. The number of fused-ring (bicyclic) bond motifs is 1. The predicted octanol–water partition coefficient (Wildman–Crippen LogP) is 3.62. The van der Waals surface area contributed by atoms with Crippen LogP contribution in [0.15, 0.2) is 36.4 Å². The van der Waals surface area contributed by atoms with Crippen molar-refractivity contribution in [3.63, 3.8) is 0 Å². The number of hydrogen-bond acceptors (Lipinski definition) is 1. The lowest BCUT2D eigenvalue weighted by molar-refractivity contribution is 0.0767. The van der Waals surface area contributed by atoms with Crippen LogP contribution in [0, 0.1) is 18.2 Å². The molecule has 104 valence electrons. The van der Waals surface area contributed by atoms with E-state index in [1.165, 1.54) is 12.1 Å². The number of amides is 1. The summed E-state index contributed by atoms with van der Waals surface area (Å²) in [5.41, 5.74) is 2.88. The van der Waals surface area contributed by atoms with E-state index in [4.69, 9.17) is 18.0 Å². The Labute approximate surface area is 127 Å². The van der Waals surface area contributed by atoms with Crippen LogP contribution in [0.1, 0.15) is 27.0 Å². The Morgan fingerprint density at radius 1 is 1.29 bits per heavy atom. The second-order valence-corrected chi connectivity index (χ2v) is 5.33. The van der Waals surface area contributed by atoms with Crippen LogP contribution in [0.3, 0.4) is 0 Å². The van der Waals surface area contributed by atoms with Crippen LogP contribution < -0.4 is 0 Å². The molecule has 0 saturated carbocycles. The lowest BCUT2D eigenvalue weighted by Crippen LogP contribution is -2.23. The molecular formula is C17H11ClFNO. The summed E-state index contributed by atoms with van der Waals surface area (Å²) in [7, 11) is 0. The highest BCUT2D eigenvalue weighted by atomic mass is 35.5. The van der Waals surface area contributed by atoms with Gasteiger partial charge in [0.05, 0.1) is 10.6 Å². The standard InChI is InChI=1S/C17H11ClFNO/c1-2-11-7-13-10-20(17(21)16(13)15(18)8-11)9-12-3-5-14(19)6-4-12/h1,3-8H,9-10H2. The van der Waals surface area contributed by atoms with Gasteiger partial charge in [0.15, 0.2) is 0 Å². The van der Waals surface area contributed by atoms with Crippen LogP contribution in [0.4, 0.5) is 4.39 Å². The summed E-state index contributed by atoms with van der Waals surface area (Å²) in [5, 5.41) is 0.382. The van der Waals surface area contributed by atoms with Gasteiger partial charge in [-0.3, -0.25) is 4.79 Å². The molecule has 0 fully saturated rings. The van der Waals surface area contributed by atoms with Crippen LogP contribution in [0.5, 0.6) is 0 Å². The van der Waals surface area contributed by atoms with Gasteiger partial charge in [-0.15, -0.1) is 6.42 Å². The van der Waals surface area contributed by atoms with Gasteiger partial charge in [0.1, 0.15) is 5.82 Å². The van der Waals surface area contributed by atoms with Crippen molar-refractivity contribution in [1.29, 1.82) is 0 Å². The Hall–Kier alpha value is -2.31. The molecule has 0 saturated heterocycles. The minimum Gasteiger partial charge on any atom is -0.330 e. The van der Waals surface area contributed by atoms with E-state index in [0.29, 0.717) is 29.2 Å². The summed E-state index contributed by atoms with van der Waals surface area (Å²) >= 11 is 6.14. The van der Waals surface area contributed by atoms with Gasteiger partial charge in [-0.05, 0) is 35.4 Å². The molecule has 21 heavy (non-hydrogen) atoms. The van der Waals surface area contributed by atoms with E-state index in [0.717, 1.165) is 11.1 Å². The van der Waals surface area contributed by atoms with E-state index in [1.807, 2.05) is 6.07 Å². The minimum atomic E-state index is -0.295. The highest BCUT2D eigenvalue weighted by Gasteiger charge is 2.30. The molecule has 2 aromatic rings. The zero-order chi connectivity index (χ0) is 15.0. The largest absolute Gasteiger partial charge is 0.330 e. The molecule has 0 radical (unpaired) electrons. The Bertz CT molecular complexity index is 762. The zero-order valence-electron chi connectivity index (χ0n) is 11.1. The normalized spacial score (nSPS) is 13.2. The summed E-state index contributed by atoms with van der Waals surface area (Å²) in [6.07, 6.45) is 5.38. The lowest BCUT2D eigenvalue weighted by Gasteiger charge is -2.15. The molecule has 0 aliphatic carbocycles. The summed E-state index contributed by atoms with van der Waals surface area (Å²) in [5.74, 6) is 2.11. The van der Waals surface area contributed by atoms with Crippen molar-refractivity contribution in [2.24, 2.45) is 0 Å². The first-order chi connectivity index (χ1) is 10.1. The molecule has 0 spiro atoms. The highest BCUT2D eigenvalue weighted by molar-refractivity contribution is 6.34. The van der Waals surface area contributed by atoms with Crippen molar-refractivity contribution in [2.45, 2.75) is 13.1 Å². The Balaban J connectivity index is 1.88. The Kier molecular flexibility index (Phi) is 3.40. The van der Waals surface area contributed by atoms with Gasteiger partial charge in [-0.25, -0.2) is 4.39 Å². The number of nitrogens with zero attached hydrogens (tertiary/aromatic N) is 1. The third kappa shape index (κ3) is 2.51. The van der Waals surface area contributed by atoms with Gasteiger partial charge in [-0.2, -0.15) is 0 Å². The Morgan fingerprint density at radius 2 is 2.00 bits per heavy atom. The van der Waals surface area contributed by atoms with E-state index in [1.54, 1.807) is 23.1 Å². The fourth-order valence-corrected chi connectivity index (χ4v) is 2.80. The van der Waals surface area contributed by atoms with Crippen molar-refractivity contribution < 1.29 is 9.18 Å². The van der Waals surface area contributed by atoms with Crippen molar-refractivity contribution in [3.8, 4) is 12.3 Å². The van der Waals surface area contributed by atoms with Crippen molar-refractivity contribution in [2.75, 3.05) is 0 Å². The number of benzene rings is 2. The van der Waals surface area contributed by atoms with Crippen molar-refractivity contribution in [3.05, 3.63) is 69.5 Å². The first-order valence-electron chi connectivity index (χ1n) is 6.41.